The summed E-state index contributed by atoms with van der Waals surface area (Å²) < 4.78 is 5.49. The maximum absolute atomic E-state index is 12.3. The Morgan fingerprint density at radius 2 is 2.05 bits per heavy atom. The van der Waals surface area contributed by atoms with Crippen LogP contribution in [0, 0.1) is 6.92 Å². The normalized spacial score (nSPS) is 12.1. The largest absolute Gasteiger partial charge is 0.456 e. The lowest BCUT2D eigenvalue weighted by Crippen LogP contribution is -2.28. The van der Waals surface area contributed by atoms with Crippen LogP contribution in [0.25, 0.3) is 0 Å². The molecule has 1 N–H and O–H groups in total. The van der Waals surface area contributed by atoms with Gasteiger partial charge in [-0.3, -0.25) is 4.79 Å². The number of alkyl halides is 1. The Morgan fingerprint density at radius 3 is 2.62 bits per heavy atom. The van der Waals surface area contributed by atoms with Crippen molar-refractivity contribution in [2.24, 2.45) is 0 Å². The molecule has 1 amide bonds. The smallest absolute Gasteiger partial charge is 0.287 e. The Bertz CT molecular complexity index is 592. The highest BCUT2D eigenvalue weighted by molar-refractivity contribution is 6.17. The molecule has 0 fully saturated rings. The van der Waals surface area contributed by atoms with E-state index in [-0.39, 0.29) is 11.9 Å². The van der Waals surface area contributed by atoms with Crippen molar-refractivity contribution in [2.45, 2.75) is 38.6 Å². The molecule has 0 aliphatic heterocycles. The Labute approximate surface area is 130 Å². The second kappa shape index (κ2) is 7.32. The highest BCUT2D eigenvalue weighted by Crippen LogP contribution is 2.21. The molecule has 0 aliphatic carbocycles. The molecule has 1 unspecified atom stereocenters. The van der Waals surface area contributed by atoms with Crippen molar-refractivity contribution in [1.82, 2.24) is 5.32 Å². The van der Waals surface area contributed by atoms with Gasteiger partial charge in [-0.05, 0) is 25.0 Å². The van der Waals surface area contributed by atoms with Crippen LogP contribution in [0.2, 0.25) is 0 Å². The topological polar surface area (TPSA) is 42.2 Å². The van der Waals surface area contributed by atoms with Crippen molar-refractivity contribution >= 4 is 17.5 Å². The number of aryl methyl sites for hydroxylation is 1. The number of hydrogen-bond donors (Lipinski definition) is 1. The lowest BCUT2D eigenvalue weighted by Gasteiger charge is -2.17. The van der Waals surface area contributed by atoms with Crippen LogP contribution in [0.5, 0.6) is 0 Å². The number of carbonyl (C=O) groups is 1. The minimum absolute atomic E-state index is 0.00597. The molecule has 1 aromatic heterocycles. The zero-order valence-corrected chi connectivity index (χ0v) is 13.1. The summed E-state index contributed by atoms with van der Waals surface area (Å²) in [5.41, 5.74) is 1.96. The summed E-state index contributed by atoms with van der Waals surface area (Å²) in [6.07, 6.45) is 1.88. The van der Waals surface area contributed by atoms with Crippen LogP contribution in [0.1, 0.15) is 53.2 Å². The second-order valence-electron chi connectivity index (χ2n) is 5.05. The maximum atomic E-state index is 12.3. The van der Waals surface area contributed by atoms with Gasteiger partial charge < -0.3 is 9.73 Å². The van der Waals surface area contributed by atoms with Crippen molar-refractivity contribution in [3.8, 4) is 0 Å². The summed E-state index contributed by atoms with van der Waals surface area (Å²) in [5, 5.41) is 3.04. The van der Waals surface area contributed by atoms with Gasteiger partial charge in [0.2, 0.25) is 0 Å². The predicted octanol–water partition coefficient (Wildman–Crippen LogP) is 4.60. The summed E-state index contributed by atoms with van der Waals surface area (Å²) in [6.45, 7) is 3.92. The zero-order chi connectivity index (χ0) is 15.2. The quantitative estimate of drug-likeness (QED) is 0.793. The minimum atomic E-state index is -0.197. The predicted molar refractivity (Wildman–Crippen MR) is 84.6 cm³/mol. The van der Waals surface area contributed by atoms with Gasteiger partial charge >= 0.3 is 0 Å². The number of carbonyl (C=O) groups excluding carboxylic acids is 1. The third kappa shape index (κ3) is 3.88. The van der Waals surface area contributed by atoms with Crippen LogP contribution in [-0.4, -0.2) is 5.91 Å². The highest BCUT2D eigenvalue weighted by atomic mass is 35.5. The molecule has 3 nitrogen and oxygen atoms in total. The van der Waals surface area contributed by atoms with Crippen LogP contribution < -0.4 is 5.32 Å². The number of halogens is 1. The van der Waals surface area contributed by atoms with E-state index in [1.807, 2.05) is 37.3 Å². The molecule has 2 rings (SSSR count). The summed E-state index contributed by atoms with van der Waals surface area (Å²) in [5.74, 6) is 1.17. The fourth-order valence-corrected chi connectivity index (χ4v) is 2.56. The van der Waals surface area contributed by atoms with E-state index >= 15 is 0 Å². The first kappa shape index (κ1) is 15.6. The van der Waals surface area contributed by atoms with Crippen LogP contribution in [0.15, 0.2) is 40.8 Å². The molecule has 112 valence electrons. The SMILES string of the molecule is CCCC(NC(=O)c1cc(CCl)c(C)o1)c1ccccc1. The number of rotatable bonds is 6. The van der Waals surface area contributed by atoms with Gasteiger partial charge in [-0.25, -0.2) is 0 Å². The molecule has 21 heavy (non-hydrogen) atoms. The first-order chi connectivity index (χ1) is 10.2. The van der Waals surface area contributed by atoms with Gasteiger partial charge in [0, 0.05) is 5.56 Å². The Kier molecular flexibility index (Phi) is 5.45. The molecule has 1 aromatic carbocycles. The average Bonchev–Trinajstić information content (AvgIpc) is 2.89. The van der Waals surface area contributed by atoms with E-state index in [9.17, 15) is 4.79 Å². The lowest BCUT2D eigenvalue weighted by atomic mass is 10.0. The van der Waals surface area contributed by atoms with E-state index < -0.39 is 0 Å². The van der Waals surface area contributed by atoms with Crippen LogP contribution in [0.3, 0.4) is 0 Å². The highest BCUT2D eigenvalue weighted by Gasteiger charge is 2.18. The van der Waals surface area contributed by atoms with Gasteiger partial charge in [0.15, 0.2) is 5.76 Å². The molecule has 1 heterocycles. The van der Waals surface area contributed by atoms with Crippen LogP contribution >= 0.6 is 11.6 Å². The second-order valence-corrected chi connectivity index (χ2v) is 5.32. The Balaban J connectivity index is 2.14. The number of benzene rings is 1. The van der Waals surface area contributed by atoms with E-state index in [2.05, 4.69) is 12.2 Å². The molecule has 0 radical (unpaired) electrons. The van der Waals surface area contributed by atoms with Gasteiger partial charge in [-0.1, -0.05) is 43.7 Å². The van der Waals surface area contributed by atoms with Gasteiger partial charge in [0.1, 0.15) is 5.76 Å². The fraction of sp³-hybridized carbons (Fsp3) is 0.353. The summed E-state index contributed by atoms with van der Waals surface area (Å²) in [6, 6.07) is 11.7. The molecule has 4 heteroatoms. The van der Waals surface area contributed by atoms with Crippen molar-refractivity contribution in [3.05, 3.63) is 59.0 Å². The Hall–Kier alpha value is -1.74. The molecule has 0 spiro atoms. The minimum Gasteiger partial charge on any atom is -0.456 e. The van der Waals surface area contributed by atoms with E-state index in [1.165, 1.54) is 0 Å². The van der Waals surface area contributed by atoms with Crippen LogP contribution in [-0.2, 0) is 5.88 Å². The molecular formula is C17H20ClNO2. The van der Waals surface area contributed by atoms with Crippen LogP contribution in [0.4, 0.5) is 0 Å². The molecular weight excluding hydrogens is 286 g/mol. The van der Waals surface area contributed by atoms with E-state index in [4.69, 9.17) is 16.0 Å². The molecule has 0 saturated heterocycles. The maximum Gasteiger partial charge on any atom is 0.287 e. The van der Waals surface area contributed by atoms with Gasteiger partial charge in [0.05, 0.1) is 11.9 Å². The summed E-state index contributed by atoms with van der Waals surface area (Å²) >= 11 is 5.81. The first-order valence-corrected chi connectivity index (χ1v) is 7.70. The third-order valence-electron chi connectivity index (χ3n) is 3.47. The number of nitrogens with one attached hydrogen (secondary N) is 1. The summed E-state index contributed by atoms with van der Waals surface area (Å²) in [7, 11) is 0. The van der Waals surface area contributed by atoms with Gasteiger partial charge in [0.25, 0.3) is 5.91 Å². The molecule has 0 aliphatic rings. The standard InChI is InChI=1S/C17H20ClNO2/c1-3-7-15(13-8-5-4-6-9-13)19-17(20)16-10-14(11-18)12(2)21-16/h4-6,8-10,15H,3,7,11H2,1-2H3,(H,19,20). The molecule has 0 bridgehead atoms. The number of furan rings is 1. The molecule has 2 aromatic rings. The van der Waals surface area contributed by atoms with Crippen molar-refractivity contribution in [3.63, 3.8) is 0 Å². The van der Waals surface area contributed by atoms with E-state index in [0.29, 0.717) is 17.4 Å². The van der Waals surface area contributed by atoms with Gasteiger partial charge in [-0.15, -0.1) is 11.6 Å². The monoisotopic (exact) mass is 305 g/mol. The molecule has 0 saturated carbocycles. The average molecular weight is 306 g/mol. The van der Waals surface area contributed by atoms with Gasteiger partial charge in [-0.2, -0.15) is 0 Å². The van der Waals surface area contributed by atoms with Crippen molar-refractivity contribution in [1.29, 1.82) is 0 Å². The third-order valence-corrected chi connectivity index (χ3v) is 3.76. The van der Waals surface area contributed by atoms with E-state index in [0.717, 1.165) is 24.0 Å². The van der Waals surface area contributed by atoms with Crippen molar-refractivity contribution in [2.75, 3.05) is 0 Å². The number of hydrogen-bond acceptors (Lipinski definition) is 2. The summed E-state index contributed by atoms with van der Waals surface area (Å²) in [4.78, 5) is 12.3. The van der Waals surface area contributed by atoms with Crippen molar-refractivity contribution < 1.29 is 9.21 Å². The number of amides is 1. The zero-order valence-electron chi connectivity index (χ0n) is 12.4. The molecule has 1 atom stereocenters. The fourth-order valence-electron chi connectivity index (χ4n) is 2.29. The first-order valence-electron chi connectivity index (χ1n) is 7.16. The Morgan fingerprint density at radius 1 is 1.33 bits per heavy atom. The van der Waals surface area contributed by atoms with E-state index in [1.54, 1.807) is 6.07 Å². The lowest BCUT2D eigenvalue weighted by molar-refractivity contribution is 0.0905.